The van der Waals surface area contributed by atoms with Gasteiger partial charge in [-0.1, -0.05) is 11.6 Å². The summed E-state index contributed by atoms with van der Waals surface area (Å²) in [5.74, 6) is 0.239. The van der Waals surface area contributed by atoms with Crippen LogP contribution in [0.4, 0.5) is 11.5 Å². The number of rotatable bonds is 4. The van der Waals surface area contributed by atoms with Gasteiger partial charge in [0.25, 0.3) is 15.7 Å². The Morgan fingerprint density at radius 1 is 1.40 bits per heavy atom. The monoisotopic (exact) mass is 316 g/mol. The van der Waals surface area contributed by atoms with E-state index in [9.17, 15) is 18.5 Å². The molecule has 8 nitrogen and oxygen atoms in total. The van der Waals surface area contributed by atoms with Crippen molar-refractivity contribution >= 4 is 33.1 Å². The van der Waals surface area contributed by atoms with Crippen molar-refractivity contribution in [2.45, 2.75) is 4.90 Å². The fraction of sp³-hybridized carbons (Fsp3) is 0.100. The van der Waals surface area contributed by atoms with Crippen LogP contribution < -0.4 is 4.72 Å². The van der Waals surface area contributed by atoms with E-state index in [1.54, 1.807) is 7.05 Å². The summed E-state index contributed by atoms with van der Waals surface area (Å²) in [5.41, 5.74) is -0.473. The first-order valence-corrected chi connectivity index (χ1v) is 7.12. The molecule has 1 aromatic heterocycles. The molecule has 2 rings (SSSR count). The molecule has 0 amide bonds. The second-order valence-corrected chi connectivity index (χ2v) is 5.91. The second kappa shape index (κ2) is 5.10. The van der Waals surface area contributed by atoms with E-state index in [0.29, 0.717) is 0 Å². The molecule has 2 aromatic rings. The lowest BCUT2D eigenvalue weighted by atomic mass is 10.3. The van der Waals surface area contributed by atoms with Gasteiger partial charge in [0.05, 0.1) is 16.0 Å². The Hall–Kier alpha value is -2.13. The van der Waals surface area contributed by atoms with E-state index in [-0.39, 0.29) is 15.7 Å². The van der Waals surface area contributed by atoms with Gasteiger partial charge in [-0.05, 0) is 12.1 Å². The lowest BCUT2D eigenvalue weighted by Gasteiger charge is -2.08. The topological polar surface area (TPSA) is 107 Å². The molecule has 0 radical (unpaired) electrons. The first kappa shape index (κ1) is 14.3. The number of aryl methyl sites for hydroxylation is 1. The Morgan fingerprint density at radius 3 is 2.65 bits per heavy atom. The Kier molecular flexibility index (Phi) is 3.64. The first-order valence-electron chi connectivity index (χ1n) is 5.26. The summed E-state index contributed by atoms with van der Waals surface area (Å²) < 4.78 is 27.8. The Morgan fingerprint density at radius 2 is 2.10 bits per heavy atom. The van der Waals surface area contributed by atoms with E-state index in [4.69, 9.17) is 11.6 Å². The van der Waals surface area contributed by atoms with Gasteiger partial charge < -0.3 is 0 Å². The predicted molar refractivity (Wildman–Crippen MR) is 72.1 cm³/mol. The highest BCUT2D eigenvalue weighted by Gasteiger charge is 2.21. The maximum absolute atomic E-state index is 12.1. The van der Waals surface area contributed by atoms with Crippen molar-refractivity contribution in [2.75, 3.05) is 4.72 Å². The highest BCUT2D eigenvalue weighted by atomic mass is 35.5. The fourth-order valence-electron chi connectivity index (χ4n) is 1.47. The number of nitro groups is 1. The van der Waals surface area contributed by atoms with Crippen molar-refractivity contribution in [2.24, 2.45) is 7.05 Å². The molecule has 0 atom stereocenters. The number of benzene rings is 1. The normalized spacial score (nSPS) is 11.3. The molecule has 0 unspecified atom stereocenters. The molecule has 1 N–H and O–H groups in total. The summed E-state index contributed by atoms with van der Waals surface area (Å²) in [7, 11) is -2.39. The molecule has 1 heterocycles. The molecule has 0 bridgehead atoms. The van der Waals surface area contributed by atoms with Gasteiger partial charge in [-0.15, -0.1) is 0 Å². The molecular formula is C10H9ClN4O4S. The Balaban J connectivity index is 2.42. The minimum Gasteiger partial charge on any atom is -0.264 e. The zero-order valence-electron chi connectivity index (χ0n) is 10.1. The van der Waals surface area contributed by atoms with E-state index >= 15 is 0 Å². The molecule has 106 valence electrons. The highest BCUT2D eigenvalue weighted by Crippen LogP contribution is 2.27. The number of hydrogen-bond acceptors (Lipinski definition) is 5. The van der Waals surface area contributed by atoms with Crippen molar-refractivity contribution in [1.29, 1.82) is 0 Å². The molecule has 0 saturated carbocycles. The van der Waals surface area contributed by atoms with E-state index in [2.05, 4.69) is 9.82 Å². The van der Waals surface area contributed by atoms with Crippen molar-refractivity contribution in [3.05, 3.63) is 45.6 Å². The molecule has 0 aliphatic heterocycles. The van der Waals surface area contributed by atoms with Gasteiger partial charge in [0, 0.05) is 19.2 Å². The first-order chi connectivity index (χ1) is 9.31. The van der Waals surface area contributed by atoms with Gasteiger partial charge in [-0.25, -0.2) is 8.42 Å². The molecule has 20 heavy (non-hydrogen) atoms. The largest absolute Gasteiger partial charge is 0.289 e. The zero-order chi connectivity index (χ0) is 14.9. The van der Waals surface area contributed by atoms with Gasteiger partial charge in [0.15, 0.2) is 0 Å². The number of sulfonamides is 1. The van der Waals surface area contributed by atoms with Crippen LogP contribution >= 0.6 is 11.6 Å². The van der Waals surface area contributed by atoms with Crippen LogP contribution in [0.25, 0.3) is 0 Å². The molecule has 0 aliphatic rings. The van der Waals surface area contributed by atoms with Gasteiger partial charge in [0.1, 0.15) is 10.8 Å². The summed E-state index contributed by atoms with van der Waals surface area (Å²) in [6.45, 7) is 0. The van der Waals surface area contributed by atoms with Crippen molar-refractivity contribution in [3.63, 3.8) is 0 Å². The van der Waals surface area contributed by atoms with Gasteiger partial charge in [-0.3, -0.25) is 19.5 Å². The minimum atomic E-state index is -3.95. The van der Waals surface area contributed by atoms with Crippen molar-refractivity contribution < 1.29 is 13.3 Å². The van der Waals surface area contributed by atoms with Gasteiger partial charge in [0.2, 0.25) is 0 Å². The van der Waals surface area contributed by atoms with Gasteiger partial charge in [-0.2, -0.15) is 5.10 Å². The fourth-order valence-corrected chi connectivity index (χ4v) is 2.76. The van der Waals surface area contributed by atoms with Crippen molar-refractivity contribution in [3.8, 4) is 0 Å². The van der Waals surface area contributed by atoms with Crippen LogP contribution in [0.15, 0.2) is 35.4 Å². The maximum atomic E-state index is 12.1. The van der Waals surface area contributed by atoms with Crippen LogP contribution in [0, 0.1) is 10.1 Å². The Bertz CT molecular complexity index is 771. The maximum Gasteiger partial charge on any atom is 0.289 e. The minimum absolute atomic E-state index is 0.130. The quantitative estimate of drug-likeness (QED) is 0.683. The number of nitrogens with zero attached hydrogens (tertiary/aromatic N) is 3. The number of halogens is 1. The van der Waals surface area contributed by atoms with Crippen LogP contribution in [0.2, 0.25) is 5.02 Å². The molecule has 0 saturated heterocycles. The van der Waals surface area contributed by atoms with E-state index in [1.807, 2.05) is 0 Å². The number of nitrogens with one attached hydrogen (secondary N) is 1. The summed E-state index contributed by atoms with van der Waals surface area (Å²) in [6.07, 6.45) is 1.42. The van der Waals surface area contributed by atoms with Gasteiger partial charge >= 0.3 is 0 Å². The van der Waals surface area contributed by atoms with Crippen molar-refractivity contribution in [1.82, 2.24) is 9.78 Å². The summed E-state index contributed by atoms with van der Waals surface area (Å²) >= 11 is 5.64. The molecule has 0 fully saturated rings. The third-order valence-electron chi connectivity index (χ3n) is 2.48. The second-order valence-electron chi connectivity index (χ2n) is 3.82. The third kappa shape index (κ3) is 2.73. The van der Waals surface area contributed by atoms with E-state index in [0.717, 1.165) is 12.1 Å². The average molecular weight is 317 g/mol. The van der Waals surface area contributed by atoms with E-state index in [1.165, 1.54) is 23.0 Å². The molecule has 10 heteroatoms. The number of anilines is 1. The predicted octanol–water partition coefficient (Wildman–Crippen LogP) is 1.78. The summed E-state index contributed by atoms with van der Waals surface area (Å²) in [5, 5.41) is 14.4. The zero-order valence-corrected chi connectivity index (χ0v) is 11.7. The lowest BCUT2D eigenvalue weighted by molar-refractivity contribution is -0.384. The van der Waals surface area contributed by atoms with Crippen LogP contribution in [0.3, 0.4) is 0 Å². The SMILES string of the molecule is Cn1nccc1NS(=O)(=O)c1ccc(Cl)c([N+](=O)[O-])c1. The number of nitro benzene ring substituents is 1. The van der Waals surface area contributed by atoms with Crippen LogP contribution in [0.1, 0.15) is 0 Å². The Labute approximate surface area is 119 Å². The summed E-state index contributed by atoms with van der Waals surface area (Å²) in [6, 6.07) is 4.72. The standard InChI is InChI=1S/C10H9ClN4O4S/c1-14-10(4-5-12-14)13-20(18,19)7-2-3-8(11)9(6-7)15(16)17/h2-6,13H,1H3. The molecule has 1 aromatic carbocycles. The molecule has 0 aliphatic carbocycles. The highest BCUT2D eigenvalue weighted by molar-refractivity contribution is 7.92. The van der Waals surface area contributed by atoms with Crippen LogP contribution in [-0.4, -0.2) is 23.1 Å². The lowest BCUT2D eigenvalue weighted by Crippen LogP contribution is -2.15. The number of aromatic nitrogens is 2. The number of hydrogen-bond donors (Lipinski definition) is 1. The smallest absolute Gasteiger partial charge is 0.264 e. The summed E-state index contributed by atoms with van der Waals surface area (Å²) in [4.78, 5) is 9.76. The third-order valence-corrected chi connectivity index (χ3v) is 4.16. The molecule has 0 spiro atoms. The van der Waals surface area contributed by atoms with Crippen LogP contribution in [-0.2, 0) is 17.1 Å². The van der Waals surface area contributed by atoms with E-state index < -0.39 is 20.6 Å². The molecular weight excluding hydrogens is 308 g/mol. The average Bonchev–Trinajstić information content (AvgIpc) is 2.74. The van der Waals surface area contributed by atoms with Crippen LogP contribution in [0.5, 0.6) is 0 Å².